The van der Waals surface area contributed by atoms with Crippen LogP contribution in [-0.4, -0.2) is 65.6 Å². The molecule has 0 fully saturated rings. The molecule has 0 saturated carbocycles. The Morgan fingerprint density at radius 3 is 2.45 bits per heavy atom. The molecule has 204 valence electrons. The van der Waals surface area contributed by atoms with E-state index in [4.69, 9.17) is 9.47 Å². The van der Waals surface area contributed by atoms with Crippen LogP contribution >= 0.6 is 15.9 Å². The van der Waals surface area contributed by atoms with Gasteiger partial charge in [-0.3, -0.25) is 9.59 Å². The second-order valence-electron chi connectivity index (χ2n) is 10.2. The fraction of sp³-hybridized carbons (Fsp3) is 0.400. The molecule has 0 aliphatic heterocycles. The van der Waals surface area contributed by atoms with Gasteiger partial charge >= 0.3 is 0 Å². The van der Waals surface area contributed by atoms with Crippen LogP contribution in [0.15, 0.2) is 71.3 Å². The molecule has 0 aliphatic carbocycles. The maximum absolute atomic E-state index is 13.8. The van der Waals surface area contributed by atoms with Gasteiger partial charge in [-0.05, 0) is 75.2 Å². The van der Waals surface area contributed by atoms with Crippen molar-refractivity contribution in [3.05, 3.63) is 88.2 Å². The summed E-state index contributed by atoms with van der Waals surface area (Å²) in [5, 5.41) is 0. The molecule has 0 atom stereocenters. The number of amides is 2. The first-order valence-corrected chi connectivity index (χ1v) is 13.5. The highest BCUT2D eigenvalue weighted by Crippen LogP contribution is 2.21. The van der Waals surface area contributed by atoms with Crippen molar-refractivity contribution in [2.24, 2.45) is 0 Å². The van der Waals surface area contributed by atoms with Crippen LogP contribution < -0.4 is 4.74 Å². The Morgan fingerprint density at radius 2 is 1.76 bits per heavy atom. The van der Waals surface area contributed by atoms with E-state index in [1.54, 1.807) is 31.3 Å². The summed E-state index contributed by atoms with van der Waals surface area (Å²) in [5.74, 6) is 0.532. The maximum Gasteiger partial charge on any atom is 0.254 e. The first-order valence-electron chi connectivity index (χ1n) is 12.7. The van der Waals surface area contributed by atoms with E-state index in [0.29, 0.717) is 38.2 Å². The van der Waals surface area contributed by atoms with E-state index in [1.165, 1.54) is 0 Å². The topological polar surface area (TPSA) is 64.0 Å². The van der Waals surface area contributed by atoms with Gasteiger partial charge in [0.15, 0.2) is 0 Å². The summed E-state index contributed by atoms with van der Waals surface area (Å²) < 4.78 is 13.5. The van der Waals surface area contributed by atoms with Gasteiger partial charge in [0.2, 0.25) is 5.91 Å². The minimum absolute atomic E-state index is 0.0110. The normalized spacial score (nSPS) is 11.3. The largest absolute Gasteiger partial charge is 0.497 e. The molecule has 0 radical (unpaired) electrons. The van der Waals surface area contributed by atoms with Crippen molar-refractivity contribution >= 4 is 27.7 Å². The first kappa shape index (κ1) is 29.5. The number of aromatic nitrogens is 1. The zero-order chi connectivity index (χ0) is 27.7. The molecule has 0 spiro atoms. The molecule has 1 aromatic heterocycles. The van der Waals surface area contributed by atoms with Crippen molar-refractivity contribution < 1.29 is 19.1 Å². The lowest BCUT2D eigenvalue weighted by Crippen LogP contribution is -2.50. The molecule has 1 heterocycles. The number of carbonyl (C=O) groups is 2. The van der Waals surface area contributed by atoms with E-state index in [1.807, 2.05) is 74.3 Å². The highest BCUT2D eigenvalue weighted by Gasteiger charge is 2.30. The lowest BCUT2D eigenvalue weighted by atomic mass is 10.0. The van der Waals surface area contributed by atoms with Crippen LogP contribution in [0.1, 0.15) is 48.8 Å². The first-order chi connectivity index (χ1) is 18.1. The monoisotopic (exact) mass is 583 g/mol. The molecule has 2 aromatic carbocycles. The number of methoxy groups -OCH3 is 2. The quantitative estimate of drug-likeness (QED) is 0.260. The van der Waals surface area contributed by atoms with E-state index in [2.05, 4.69) is 26.6 Å². The predicted octanol–water partition coefficient (Wildman–Crippen LogP) is 5.61. The van der Waals surface area contributed by atoms with Gasteiger partial charge in [0.25, 0.3) is 5.91 Å². The molecule has 8 heteroatoms. The third-order valence-electron chi connectivity index (χ3n) is 6.30. The second-order valence-corrected chi connectivity index (χ2v) is 11.1. The number of benzene rings is 2. The van der Waals surface area contributed by atoms with Crippen molar-refractivity contribution in [1.82, 2.24) is 14.4 Å². The van der Waals surface area contributed by atoms with Crippen molar-refractivity contribution in [1.29, 1.82) is 0 Å². The fourth-order valence-corrected chi connectivity index (χ4v) is 4.68. The maximum atomic E-state index is 13.8. The van der Waals surface area contributed by atoms with Gasteiger partial charge < -0.3 is 23.8 Å². The third kappa shape index (κ3) is 8.20. The summed E-state index contributed by atoms with van der Waals surface area (Å²) in [6, 6.07) is 19.3. The Labute approximate surface area is 234 Å². The molecular weight excluding hydrogens is 546 g/mol. The summed E-state index contributed by atoms with van der Waals surface area (Å²) >= 11 is 3.44. The molecule has 0 N–H and O–H groups in total. The SMILES string of the molecule is COCCCN(CC(=O)N(Cc1cccn1Cc1cccc(OC)c1)C(C)(C)C)C(=O)c1cccc(Br)c1. The van der Waals surface area contributed by atoms with Gasteiger partial charge in [0.05, 0.1) is 13.7 Å². The number of hydrogen-bond donors (Lipinski definition) is 0. The van der Waals surface area contributed by atoms with E-state index >= 15 is 0 Å². The minimum atomic E-state index is -0.445. The zero-order valence-corrected chi connectivity index (χ0v) is 24.5. The third-order valence-corrected chi connectivity index (χ3v) is 6.80. The average Bonchev–Trinajstić information content (AvgIpc) is 3.32. The second kappa shape index (κ2) is 13.6. The van der Waals surface area contributed by atoms with Crippen LogP contribution in [0.3, 0.4) is 0 Å². The van der Waals surface area contributed by atoms with E-state index in [9.17, 15) is 9.59 Å². The van der Waals surface area contributed by atoms with Crippen molar-refractivity contribution in [3.8, 4) is 5.75 Å². The number of halogens is 1. The Hall–Kier alpha value is -3.10. The van der Waals surface area contributed by atoms with Crippen LogP contribution in [0.2, 0.25) is 0 Å². The molecule has 2 amide bonds. The summed E-state index contributed by atoms with van der Waals surface area (Å²) in [7, 11) is 3.29. The Kier molecular flexibility index (Phi) is 10.6. The van der Waals surface area contributed by atoms with E-state index < -0.39 is 5.54 Å². The summed E-state index contributed by atoms with van der Waals surface area (Å²) in [5.41, 5.74) is 2.22. The number of carbonyl (C=O) groups excluding carboxylic acids is 2. The Balaban J connectivity index is 1.81. The molecule has 0 saturated heterocycles. The predicted molar refractivity (Wildman–Crippen MR) is 153 cm³/mol. The number of rotatable bonds is 12. The van der Waals surface area contributed by atoms with Gasteiger partial charge in [-0.2, -0.15) is 0 Å². The number of nitrogens with zero attached hydrogens (tertiary/aromatic N) is 3. The van der Waals surface area contributed by atoms with Crippen LogP contribution in [0, 0.1) is 0 Å². The molecule has 3 aromatic rings. The number of ether oxygens (including phenoxy) is 2. The van der Waals surface area contributed by atoms with Crippen molar-refractivity contribution in [2.45, 2.75) is 45.8 Å². The summed E-state index contributed by atoms with van der Waals surface area (Å²) in [6.45, 7) is 8.07. The highest BCUT2D eigenvalue weighted by atomic mass is 79.9. The summed E-state index contributed by atoms with van der Waals surface area (Å²) in [6.07, 6.45) is 2.66. The standard InChI is InChI=1S/C30H38BrN3O4/c1-30(2,3)34(21-26-13-8-15-32(26)20-23-10-6-14-27(18-23)38-5)28(35)22-33(16-9-17-37-4)29(36)24-11-7-12-25(31)19-24/h6-8,10-15,18-19H,9,16-17,20-22H2,1-5H3. The van der Waals surface area contributed by atoms with E-state index in [0.717, 1.165) is 21.5 Å². The highest BCUT2D eigenvalue weighted by molar-refractivity contribution is 9.10. The molecular formula is C30H38BrN3O4. The lowest BCUT2D eigenvalue weighted by Gasteiger charge is -2.37. The smallest absolute Gasteiger partial charge is 0.254 e. The van der Waals surface area contributed by atoms with Gasteiger partial charge in [-0.15, -0.1) is 0 Å². The molecule has 0 bridgehead atoms. The lowest BCUT2D eigenvalue weighted by molar-refractivity contribution is -0.137. The molecule has 0 unspecified atom stereocenters. The van der Waals surface area contributed by atoms with Crippen molar-refractivity contribution in [2.75, 3.05) is 33.9 Å². The van der Waals surface area contributed by atoms with Gasteiger partial charge in [0, 0.05) is 54.3 Å². The van der Waals surface area contributed by atoms with Crippen LogP contribution in [0.4, 0.5) is 0 Å². The van der Waals surface area contributed by atoms with Crippen LogP contribution in [0.25, 0.3) is 0 Å². The van der Waals surface area contributed by atoms with Gasteiger partial charge in [0.1, 0.15) is 12.3 Å². The van der Waals surface area contributed by atoms with Crippen LogP contribution in [0.5, 0.6) is 5.75 Å². The average molecular weight is 585 g/mol. The van der Waals surface area contributed by atoms with Gasteiger partial charge in [-0.1, -0.05) is 34.1 Å². The van der Waals surface area contributed by atoms with Gasteiger partial charge in [-0.25, -0.2) is 0 Å². The zero-order valence-electron chi connectivity index (χ0n) is 22.9. The molecule has 7 nitrogen and oxygen atoms in total. The molecule has 38 heavy (non-hydrogen) atoms. The molecule has 0 aliphatic rings. The van der Waals surface area contributed by atoms with E-state index in [-0.39, 0.29) is 18.4 Å². The Morgan fingerprint density at radius 1 is 1.00 bits per heavy atom. The Bertz CT molecular complexity index is 1220. The van der Waals surface area contributed by atoms with Crippen molar-refractivity contribution in [3.63, 3.8) is 0 Å². The molecule has 3 rings (SSSR count). The van der Waals surface area contributed by atoms with Crippen LogP contribution in [-0.2, 0) is 22.6 Å². The fourth-order valence-electron chi connectivity index (χ4n) is 4.28. The minimum Gasteiger partial charge on any atom is -0.497 e. The summed E-state index contributed by atoms with van der Waals surface area (Å²) in [4.78, 5) is 30.7. The number of hydrogen-bond acceptors (Lipinski definition) is 4.